The maximum atomic E-state index is 12.9. The first kappa shape index (κ1) is 23.8. The number of halogens is 3. The van der Waals surface area contributed by atoms with E-state index in [2.05, 4.69) is 5.32 Å². The van der Waals surface area contributed by atoms with Crippen LogP contribution < -0.4 is 10.1 Å². The SMILES string of the molecule is O=C(Cc1cccc(C(F)(F)F)c1)N[C@@H](Cc1cccc(OCc2ccccc2)c1)C(=O)O. The van der Waals surface area contributed by atoms with Gasteiger partial charge < -0.3 is 15.2 Å². The van der Waals surface area contributed by atoms with E-state index in [0.29, 0.717) is 17.9 Å². The molecule has 0 unspecified atom stereocenters. The van der Waals surface area contributed by atoms with E-state index in [1.165, 1.54) is 12.1 Å². The lowest BCUT2D eigenvalue weighted by atomic mass is 10.0. The van der Waals surface area contributed by atoms with Crippen molar-refractivity contribution >= 4 is 11.9 Å². The number of hydrogen-bond donors (Lipinski definition) is 2. The first-order chi connectivity index (χ1) is 15.7. The number of ether oxygens (including phenoxy) is 1. The van der Waals surface area contributed by atoms with Crippen molar-refractivity contribution in [2.24, 2.45) is 0 Å². The zero-order valence-electron chi connectivity index (χ0n) is 17.5. The maximum absolute atomic E-state index is 12.9. The van der Waals surface area contributed by atoms with Crippen molar-refractivity contribution in [1.82, 2.24) is 5.32 Å². The average Bonchev–Trinajstić information content (AvgIpc) is 2.78. The van der Waals surface area contributed by atoms with Gasteiger partial charge in [0.05, 0.1) is 12.0 Å². The number of aliphatic carboxylic acids is 1. The molecule has 1 atom stereocenters. The molecule has 0 saturated carbocycles. The van der Waals surface area contributed by atoms with E-state index < -0.39 is 29.7 Å². The number of carbonyl (C=O) groups excluding carboxylic acids is 1. The van der Waals surface area contributed by atoms with Crippen LogP contribution in [0.4, 0.5) is 13.2 Å². The third-order valence-electron chi connectivity index (χ3n) is 4.84. The third kappa shape index (κ3) is 7.38. The fraction of sp³-hybridized carbons (Fsp3) is 0.200. The molecule has 0 spiro atoms. The Hall–Kier alpha value is -3.81. The van der Waals surface area contributed by atoms with Gasteiger partial charge in [-0.05, 0) is 34.9 Å². The van der Waals surface area contributed by atoms with E-state index in [4.69, 9.17) is 4.74 Å². The van der Waals surface area contributed by atoms with Crippen molar-refractivity contribution in [2.75, 3.05) is 0 Å². The molecule has 0 radical (unpaired) electrons. The van der Waals surface area contributed by atoms with Crippen molar-refractivity contribution in [2.45, 2.75) is 31.7 Å². The Morgan fingerprint density at radius 2 is 1.55 bits per heavy atom. The summed E-state index contributed by atoms with van der Waals surface area (Å²) in [6.45, 7) is 0.348. The van der Waals surface area contributed by atoms with Crippen LogP contribution in [-0.2, 0) is 35.2 Å². The molecule has 2 N–H and O–H groups in total. The van der Waals surface area contributed by atoms with Gasteiger partial charge in [-0.1, -0.05) is 60.7 Å². The molecule has 0 aliphatic heterocycles. The molecule has 5 nitrogen and oxygen atoms in total. The van der Waals surface area contributed by atoms with Gasteiger partial charge in [0.1, 0.15) is 18.4 Å². The molecule has 0 aromatic heterocycles. The number of alkyl halides is 3. The predicted molar refractivity (Wildman–Crippen MR) is 116 cm³/mol. The smallest absolute Gasteiger partial charge is 0.416 e. The molecule has 8 heteroatoms. The van der Waals surface area contributed by atoms with E-state index in [1.54, 1.807) is 24.3 Å². The summed E-state index contributed by atoms with van der Waals surface area (Å²) in [6, 6.07) is 19.5. The molecule has 0 fully saturated rings. The lowest BCUT2D eigenvalue weighted by molar-refractivity contribution is -0.141. The molecule has 0 saturated heterocycles. The number of carboxylic acids is 1. The summed E-state index contributed by atoms with van der Waals surface area (Å²) in [5.74, 6) is -1.38. The highest BCUT2D eigenvalue weighted by atomic mass is 19.4. The normalized spacial score (nSPS) is 12.1. The van der Waals surface area contributed by atoms with Gasteiger partial charge in [-0.3, -0.25) is 4.79 Å². The molecule has 3 rings (SSSR count). The largest absolute Gasteiger partial charge is 0.489 e. The third-order valence-corrected chi connectivity index (χ3v) is 4.84. The molecule has 172 valence electrons. The average molecular weight is 457 g/mol. The fourth-order valence-corrected chi connectivity index (χ4v) is 3.23. The van der Waals surface area contributed by atoms with E-state index in [0.717, 1.165) is 17.7 Å². The Labute approximate surface area is 188 Å². The maximum Gasteiger partial charge on any atom is 0.416 e. The van der Waals surface area contributed by atoms with Gasteiger partial charge in [0, 0.05) is 6.42 Å². The first-order valence-electron chi connectivity index (χ1n) is 10.1. The van der Waals surface area contributed by atoms with Gasteiger partial charge in [0.15, 0.2) is 0 Å². The van der Waals surface area contributed by atoms with E-state index in [-0.39, 0.29) is 18.4 Å². The Morgan fingerprint density at radius 3 is 2.24 bits per heavy atom. The molecule has 1 amide bonds. The Kier molecular flexibility index (Phi) is 7.71. The highest BCUT2D eigenvalue weighted by Gasteiger charge is 2.30. The summed E-state index contributed by atoms with van der Waals surface area (Å²) in [6.07, 6.45) is -4.90. The van der Waals surface area contributed by atoms with Crippen molar-refractivity contribution in [1.29, 1.82) is 0 Å². The lowest BCUT2D eigenvalue weighted by Crippen LogP contribution is -2.43. The van der Waals surface area contributed by atoms with Crippen LogP contribution in [0.15, 0.2) is 78.9 Å². The summed E-state index contributed by atoms with van der Waals surface area (Å²) in [4.78, 5) is 24.0. The number of carbonyl (C=O) groups is 2. The summed E-state index contributed by atoms with van der Waals surface area (Å²) >= 11 is 0. The Balaban J connectivity index is 1.61. The fourth-order valence-electron chi connectivity index (χ4n) is 3.23. The van der Waals surface area contributed by atoms with Crippen LogP contribution in [0.1, 0.15) is 22.3 Å². The molecular weight excluding hydrogens is 435 g/mol. The minimum atomic E-state index is -4.52. The van der Waals surface area contributed by atoms with E-state index in [1.807, 2.05) is 30.3 Å². The quantitative estimate of drug-likeness (QED) is 0.491. The van der Waals surface area contributed by atoms with Crippen LogP contribution in [0, 0.1) is 0 Å². The number of nitrogens with one attached hydrogen (secondary N) is 1. The van der Waals surface area contributed by atoms with Gasteiger partial charge in [0.2, 0.25) is 5.91 Å². The van der Waals surface area contributed by atoms with Gasteiger partial charge in [-0.2, -0.15) is 13.2 Å². The number of rotatable bonds is 9. The van der Waals surface area contributed by atoms with Crippen LogP contribution in [-0.4, -0.2) is 23.0 Å². The van der Waals surface area contributed by atoms with Crippen molar-refractivity contribution < 1.29 is 32.6 Å². The number of amides is 1. The van der Waals surface area contributed by atoms with Gasteiger partial charge in [0.25, 0.3) is 0 Å². The van der Waals surface area contributed by atoms with Crippen LogP contribution in [0.3, 0.4) is 0 Å². The molecule has 0 bridgehead atoms. The monoisotopic (exact) mass is 457 g/mol. The van der Waals surface area contributed by atoms with E-state index in [9.17, 15) is 27.9 Å². The molecule has 0 aliphatic rings. The molecule has 3 aromatic rings. The standard InChI is InChI=1S/C25H22F3NO4/c26-25(27,28)20-10-4-8-18(12-20)15-23(30)29-22(24(31)32)14-19-9-5-11-21(13-19)33-16-17-6-2-1-3-7-17/h1-13,22H,14-16H2,(H,29,30)(H,31,32)/t22-/m0/s1. The van der Waals surface area contributed by atoms with Crippen LogP contribution in [0.2, 0.25) is 0 Å². The van der Waals surface area contributed by atoms with Gasteiger partial charge in [-0.25, -0.2) is 4.79 Å². The number of hydrogen-bond acceptors (Lipinski definition) is 3. The second-order valence-corrected chi connectivity index (χ2v) is 7.46. The Morgan fingerprint density at radius 1 is 0.879 bits per heavy atom. The zero-order chi connectivity index (χ0) is 23.8. The molecule has 0 aliphatic carbocycles. The van der Waals surface area contributed by atoms with Gasteiger partial charge in [-0.15, -0.1) is 0 Å². The molecular formula is C25H22F3NO4. The van der Waals surface area contributed by atoms with Crippen LogP contribution in [0.25, 0.3) is 0 Å². The predicted octanol–water partition coefficient (Wildman–Crippen LogP) is 4.64. The second-order valence-electron chi connectivity index (χ2n) is 7.46. The number of carboxylic acid groups (broad SMARTS) is 1. The van der Waals surface area contributed by atoms with Crippen molar-refractivity contribution in [3.05, 3.63) is 101 Å². The zero-order valence-corrected chi connectivity index (χ0v) is 17.5. The van der Waals surface area contributed by atoms with E-state index >= 15 is 0 Å². The van der Waals surface area contributed by atoms with Crippen LogP contribution >= 0.6 is 0 Å². The van der Waals surface area contributed by atoms with Crippen molar-refractivity contribution in [3.63, 3.8) is 0 Å². The lowest BCUT2D eigenvalue weighted by Gasteiger charge is -2.16. The van der Waals surface area contributed by atoms with Crippen molar-refractivity contribution in [3.8, 4) is 5.75 Å². The summed E-state index contributed by atoms with van der Waals surface area (Å²) in [7, 11) is 0. The summed E-state index contributed by atoms with van der Waals surface area (Å²) < 4.78 is 44.3. The molecule has 0 heterocycles. The highest BCUT2D eigenvalue weighted by Crippen LogP contribution is 2.29. The second kappa shape index (κ2) is 10.7. The highest BCUT2D eigenvalue weighted by molar-refractivity contribution is 5.85. The number of benzene rings is 3. The molecule has 33 heavy (non-hydrogen) atoms. The van der Waals surface area contributed by atoms with Gasteiger partial charge >= 0.3 is 12.1 Å². The van der Waals surface area contributed by atoms with Crippen LogP contribution in [0.5, 0.6) is 5.75 Å². The minimum absolute atomic E-state index is 0.00774. The molecule has 3 aromatic carbocycles. The summed E-state index contributed by atoms with van der Waals surface area (Å²) in [5, 5.41) is 11.9. The Bertz CT molecular complexity index is 1100. The topological polar surface area (TPSA) is 75.6 Å². The summed E-state index contributed by atoms with van der Waals surface area (Å²) in [5.41, 5.74) is 0.887. The first-order valence-corrected chi connectivity index (χ1v) is 10.1. The minimum Gasteiger partial charge on any atom is -0.489 e.